The summed E-state index contributed by atoms with van der Waals surface area (Å²) in [5, 5.41) is 18.0. The Morgan fingerprint density at radius 3 is 2.62 bits per heavy atom. The number of aryl methyl sites for hydroxylation is 1. The van der Waals surface area contributed by atoms with Crippen molar-refractivity contribution >= 4 is 38.4 Å². The van der Waals surface area contributed by atoms with Gasteiger partial charge in [-0.25, -0.2) is 9.78 Å². The number of benzene rings is 1. The maximum absolute atomic E-state index is 11.8. The highest BCUT2D eigenvalue weighted by Crippen LogP contribution is 2.20. The Hall–Kier alpha value is -1.44. The molecular formula is C14H16BrN3O2S. The van der Waals surface area contributed by atoms with Crippen LogP contribution in [0.1, 0.15) is 24.3 Å². The summed E-state index contributed by atoms with van der Waals surface area (Å²) in [6, 6.07) is 6.53. The molecule has 3 N–H and O–H groups in total. The van der Waals surface area contributed by atoms with Gasteiger partial charge in [-0.05, 0) is 31.5 Å². The number of rotatable bonds is 4. The SMILES string of the molecule is Cc1csc(NC(=O)NC(C)C(O)c2ccc(Br)cc2)n1. The third kappa shape index (κ3) is 4.52. The second-order valence-electron chi connectivity index (χ2n) is 4.68. The number of amides is 2. The van der Waals surface area contributed by atoms with E-state index in [9.17, 15) is 9.90 Å². The zero-order valence-electron chi connectivity index (χ0n) is 11.6. The van der Waals surface area contributed by atoms with Crippen molar-refractivity contribution in [3.8, 4) is 0 Å². The first-order chi connectivity index (χ1) is 9.95. The van der Waals surface area contributed by atoms with Crippen LogP contribution < -0.4 is 10.6 Å². The number of hydrogen-bond acceptors (Lipinski definition) is 4. The summed E-state index contributed by atoms with van der Waals surface area (Å²) in [6.07, 6.45) is -0.776. The largest absolute Gasteiger partial charge is 0.386 e. The molecular weight excluding hydrogens is 354 g/mol. The number of nitrogens with one attached hydrogen (secondary N) is 2. The molecule has 0 aliphatic carbocycles. The van der Waals surface area contributed by atoms with Crippen molar-refractivity contribution in [3.63, 3.8) is 0 Å². The minimum Gasteiger partial charge on any atom is -0.386 e. The number of carbonyl (C=O) groups is 1. The first-order valence-electron chi connectivity index (χ1n) is 6.39. The molecule has 112 valence electrons. The van der Waals surface area contributed by atoms with Gasteiger partial charge in [0.25, 0.3) is 0 Å². The number of aliphatic hydroxyl groups is 1. The minimum absolute atomic E-state index is 0.381. The zero-order valence-corrected chi connectivity index (χ0v) is 14.0. The van der Waals surface area contributed by atoms with Gasteiger partial charge in [-0.15, -0.1) is 11.3 Å². The molecule has 7 heteroatoms. The molecule has 1 heterocycles. The lowest BCUT2D eigenvalue weighted by Crippen LogP contribution is -2.39. The molecule has 0 saturated carbocycles. The number of carbonyl (C=O) groups excluding carboxylic acids is 1. The Kier molecular flexibility index (Phi) is 5.33. The second kappa shape index (κ2) is 7.02. The van der Waals surface area contributed by atoms with E-state index in [4.69, 9.17) is 0 Å². The van der Waals surface area contributed by atoms with E-state index in [0.29, 0.717) is 5.13 Å². The van der Waals surface area contributed by atoms with Crippen LogP contribution in [0.3, 0.4) is 0 Å². The molecule has 1 aromatic carbocycles. The standard InChI is InChI=1S/C14H16BrN3O2S/c1-8-7-21-14(16-8)18-13(20)17-9(2)12(19)10-3-5-11(15)6-4-10/h3-7,9,12,19H,1-2H3,(H2,16,17,18,20). The highest BCUT2D eigenvalue weighted by atomic mass is 79.9. The van der Waals surface area contributed by atoms with Crippen molar-refractivity contribution in [1.29, 1.82) is 0 Å². The van der Waals surface area contributed by atoms with Crippen molar-refractivity contribution in [1.82, 2.24) is 10.3 Å². The van der Waals surface area contributed by atoms with Gasteiger partial charge in [-0.2, -0.15) is 0 Å². The van der Waals surface area contributed by atoms with Gasteiger partial charge in [0.1, 0.15) is 0 Å². The van der Waals surface area contributed by atoms with Crippen LogP contribution in [0.4, 0.5) is 9.93 Å². The number of hydrogen-bond donors (Lipinski definition) is 3. The van der Waals surface area contributed by atoms with E-state index in [-0.39, 0.29) is 6.03 Å². The van der Waals surface area contributed by atoms with Gasteiger partial charge in [0.2, 0.25) is 0 Å². The van der Waals surface area contributed by atoms with E-state index in [1.54, 1.807) is 6.92 Å². The Bertz CT molecular complexity index is 615. The van der Waals surface area contributed by atoms with Crippen molar-refractivity contribution in [2.24, 2.45) is 0 Å². The lowest BCUT2D eigenvalue weighted by molar-refractivity contribution is 0.139. The average molecular weight is 370 g/mol. The summed E-state index contributed by atoms with van der Waals surface area (Å²) in [4.78, 5) is 16.0. The molecule has 0 saturated heterocycles. The number of nitrogens with zero attached hydrogens (tertiary/aromatic N) is 1. The molecule has 2 unspecified atom stereocenters. The fourth-order valence-electron chi connectivity index (χ4n) is 1.78. The molecule has 21 heavy (non-hydrogen) atoms. The summed E-state index contributed by atoms with van der Waals surface area (Å²) >= 11 is 4.70. The van der Waals surface area contributed by atoms with E-state index < -0.39 is 12.1 Å². The number of halogens is 1. The molecule has 2 amide bonds. The number of anilines is 1. The fraction of sp³-hybridized carbons (Fsp3) is 0.286. The molecule has 5 nitrogen and oxygen atoms in total. The first kappa shape index (κ1) is 15.9. The number of thiazole rings is 1. The van der Waals surface area contributed by atoms with Gasteiger partial charge in [-0.1, -0.05) is 28.1 Å². The first-order valence-corrected chi connectivity index (χ1v) is 8.06. The second-order valence-corrected chi connectivity index (χ2v) is 6.45. The third-order valence-corrected chi connectivity index (χ3v) is 4.29. The predicted octanol–water partition coefficient (Wildman–Crippen LogP) is 3.46. The van der Waals surface area contributed by atoms with Crippen LogP contribution >= 0.6 is 27.3 Å². The summed E-state index contributed by atoms with van der Waals surface area (Å²) in [7, 11) is 0. The summed E-state index contributed by atoms with van der Waals surface area (Å²) < 4.78 is 0.941. The van der Waals surface area contributed by atoms with Crippen molar-refractivity contribution < 1.29 is 9.90 Å². The number of aliphatic hydroxyl groups excluding tert-OH is 1. The molecule has 0 spiro atoms. The van der Waals surface area contributed by atoms with Gasteiger partial charge < -0.3 is 10.4 Å². The normalized spacial score (nSPS) is 13.5. The van der Waals surface area contributed by atoms with Crippen LogP contribution in [0.25, 0.3) is 0 Å². The zero-order chi connectivity index (χ0) is 15.4. The molecule has 2 aromatic rings. The van der Waals surface area contributed by atoms with E-state index in [2.05, 4.69) is 31.5 Å². The van der Waals surface area contributed by atoms with Gasteiger partial charge in [0.15, 0.2) is 5.13 Å². The topological polar surface area (TPSA) is 74.2 Å². The number of aromatic nitrogens is 1. The van der Waals surface area contributed by atoms with Crippen LogP contribution in [0.5, 0.6) is 0 Å². The highest BCUT2D eigenvalue weighted by Gasteiger charge is 2.18. The molecule has 2 atom stereocenters. The Balaban J connectivity index is 1.92. The summed E-state index contributed by atoms with van der Waals surface area (Å²) in [5.74, 6) is 0. The maximum Gasteiger partial charge on any atom is 0.321 e. The van der Waals surface area contributed by atoms with Crippen molar-refractivity contribution in [2.75, 3.05) is 5.32 Å². The van der Waals surface area contributed by atoms with Gasteiger partial charge >= 0.3 is 6.03 Å². The van der Waals surface area contributed by atoms with Crippen LogP contribution in [-0.4, -0.2) is 22.2 Å². The van der Waals surface area contributed by atoms with Gasteiger partial charge in [0.05, 0.1) is 17.8 Å². The molecule has 0 aliphatic rings. The van der Waals surface area contributed by atoms with Gasteiger partial charge in [0, 0.05) is 9.85 Å². The Morgan fingerprint density at radius 2 is 2.05 bits per heavy atom. The molecule has 1 aromatic heterocycles. The monoisotopic (exact) mass is 369 g/mol. The lowest BCUT2D eigenvalue weighted by atomic mass is 10.0. The van der Waals surface area contributed by atoms with Gasteiger partial charge in [-0.3, -0.25) is 5.32 Å². The van der Waals surface area contributed by atoms with E-state index in [1.807, 2.05) is 36.6 Å². The predicted molar refractivity (Wildman–Crippen MR) is 87.6 cm³/mol. The summed E-state index contributed by atoms with van der Waals surface area (Å²) in [5.41, 5.74) is 1.61. The van der Waals surface area contributed by atoms with E-state index in [0.717, 1.165) is 15.7 Å². The van der Waals surface area contributed by atoms with Crippen molar-refractivity contribution in [3.05, 3.63) is 45.4 Å². The van der Waals surface area contributed by atoms with E-state index in [1.165, 1.54) is 11.3 Å². The lowest BCUT2D eigenvalue weighted by Gasteiger charge is -2.20. The highest BCUT2D eigenvalue weighted by molar-refractivity contribution is 9.10. The fourth-order valence-corrected chi connectivity index (χ4v) is 2.73. The van der Waals surface area contributed by atoms with Crippen LogP contribution in [0.15, 0.2) is 34.1 Å². The molecule has 0 bridgehead atoms. The molecule has 0 aliphatic heterocycles. The summed E-state index contributed by atoms with van der Waals surface area (Å²) in [6.45, 7) is 3.61. The Labute approximate surface area is 135 Å². The van der Waals surface area contributed by atoms with Crippen LogP contribution in [0.2, 0.25) is 0 Å². The smallest absolute Gasteiger partial charge is 0.321 e. The minimum atomic E-state index is -0.776. The maximum atomic E-state index is 11.8. The Morgan fingerprint density at radius 1 is 1.38 bits per heavy atom. The third-order valence-electron chi connectivity index (χ3n) is 2.88. The molecule has 2 rings (SSSR count). The quantitative estimate of drug-likeness (QED) is 0.772. The number of urea groups is 1. The van der Waals surface area contributed by atoms with Crippen molar-refractivity contribution in [2.45, 2.75) is 26.0 Å². The van der Waals surface area contributed by atoms with Crippen LogP contribution in [-0.2, 0) is 0 Å². The molecule has 0 radical (unpaired) electrons. The molecule has 0 fully saturated rings. The van der Waals surface area contributed by atoms with Crippen LogP contribution in [0, 0.1) is 6.92 Å². The van der Waals surface area contributed by atoms with E-state index >= 15 is 0 Å². The average Bonchev–Trinajstić information content (AvgIpc) is 2.83.